The molecule has 2 aromatic rings. The zero-order valence-electron chi connectivity index (χ0n) is 11.1. The summed E-state index contributed by atoms with van der Waals surface area (Å²) in [6, 6.07) is 10.1. The molecule has 19 heavy (non-hydrogen) atoms. The van der Waals surface area contributed by atoms with E-state index in [9.17, 15) is 0 Å². The zero-order valence-corrected chi connectivity index (χ0v) is 11.1. The van der Waals surface area contributed by atoms with Crippen molar-refractivity contribution >= 4 is 0 Å². The summed E-state index contributed by atoms with van der Waals surface area (Å²) >= 11 is 0. The fourth-order valence-electron chi connectivity index (χ4n) is 3.01. The summed E-state index contributed by atoms with van der Waals surface area (Å²) in [6.45, 7) is 0.667. The van der Waals surface area contributed by atoms with Crippen LogP contribution in [-0.2, 0) is 5.41 Å². The van der Waals surface area contributed by atoms with E-state index >= 15 is 0 Å². The molecule has 1 fully saturated rings. The van der Waals surface area contributed by atoms with Crippen LogP contribution in [0.4, 0.5) is 0 Å². The van der Waals surface area contributed by atoms with Crippen molar-refractivity contribution in [2.24, 2.45) is 5.73 Å². The number of nitrogens with two attached hydrogens (primary N) is 1. The van der Waals surface area contributed by atoms with Crippen molar-refractivity contribution < 1.29 is 0 Å². The molecule has 0 unspecified atom stereocenters. The van der Waals surface area contributed by atoms with Crippen LogP contribution in [0.3, 0.4) is 0 Å². The Kier molecular flexibility index (Phi) is 3.34. The van der Waals surface area contributed by atoms with Crippen molar-refractivity contribution in [1.82, 2.24) is 15.0 Å². The summed E-state index contributed by atoms with van der Waals surface area (Å²) in [5, 5.41) is 8.66. The van der Waals surface area contributed by atoms with Gasteiger partial charge in [0.1, 0.15) is 0 Å². The minimum atomic E-state index is 0.0469. The van der Waals surface area contributed by atoms with Crippen LogP contribution in [0, 0.1) is 0 Å². The van der Waals surface area contributed by atoms with E-state index in [0.29, 0.717) is 6.54 Å². The molecule has 0 aliphatic heterocycles. The molecule has 0 atom stereocenters. The fourth-order valence-corrected chi connectivity index (χ4v) is 3.01. The smallest absolute Gasteiger partial charge is 0.0906 e. The number of benzene rings is 1. The van der Waals surface area contributed by atoms with E-state index in [1.165, 1.54) is 19.3 Å². The van der Waals surface area contributed by atoms with E-state index in [1.54, 1.807) is 0 Å². The second-order valence-electron chi connectivity index (χ2n) is 5.43. The number of aromatic nitrogens is 3. The van der Waals surface area contributed by atoms with Crippen molar-refractivity contribution in [3.05, 3.63) is 42.2 Å². The molecule has 1 aromatic carbocycles. The van der Waals surface area contributed by atoms with E-state index in [2.05, 4.69) is 10.3 Å². The molecule has 4 nitrogen and oxygen atoms in total. The monoisotopic (exact) mass is 256 g/mol. The third-order valence-corrected chi connectivity index (χ3v) is 4.26. The summed E-state index contributed by atoms with van der Waals surface area (Å²) in [7, 11) is 0. The highest BCUT2D eigenvalue weighted by Gasteiger charge is 2.35. The van der Waals surface area contributed by atoms with Gasteiger partial charge in [0.25, 0.3) is 0 Å². The second kappa shape index (κ2) is 5.13. The molecule has 3 rings (SSSR count). The molecule has 0 radical (unpaired) electrons. The van der Waals surface area contributed by atoms with E-state index < -0.39 is 0 Å². The standard InChI is InChI=1S/C15H20N4/c16-12-15(9-5-2-6-10-15)14-11-19(18-17-14)13-7-3-1-4-8-13/h1,3-4,7-8,11H,2,5-6,9-10,12,16H2. The van der Waals surface area contributed by atoms with Gasteiger partial charge >= 0.3 is 0 Å². The first-order valence-corrected chi connectivity index (χ1v) is 7.02. The van der Waals surface area contributed by atoms with Gasteiger partial charge in [-0.25, -0.2) is 4.68 Å². The lowest BCUT2D eigenvalue weighted by Crippen LogP contribution is -2.37. The molecule has 1 aliphatic carbocycles. The third-order valence-electron chi connectivity index (χ3n) is 4.26. The van der Waals surface area contributed by atoms with Crippen molar-refractivity contribution in [2.75, 3.05) is 6.54 Å². The molecular weight excluding hydrogens is 236 g/mol. The zero-order chi connectivity index (χ0) is 13.1. The van der Waals surface area contributed by atoms with E-state index in [0.717, 1.165) is 24.2 Å². The van der Waals surface area contributed by atoms with Gasteiger partial charge in [0.05, 0.1) is 17.6 Å². The van der Waals surface area contributed by atoms with Gasteiger partial charge in [-0.15, -0.1) is 5.10 Å². The quantitative estimate of drug-likeness (QED) is 0.917. The van der Waals surface area contributed by atoms with E-state index in [-0.39, 0.29) is 5.41 Å². The van der Waals surface area contributed by atoms with Crippen LogP contribution >= 0.6 is 0 Å². The lowest BCUT2D eigenvalue weighted by atomic mass is 9.72. The van der Waals surface area contributed by atoms with Gasteiger partial charge in [-0.1, -0.05) is 42.7 Å². The summed E-state index contributed by atoms with van der Waals surface area (Å²) in [6.07, 6.45) is 8.13. The van der Waals surface area contributed by atoms with Crippen molar-refractivity contribution in [3.8, 4) is 5.69 Å². The van der Waals surface area contributed by atoms with Crippen LogP contribution in [0.1, 0.15) is 37.8 Å². The minimum Gasteiger partial charge on any atom is -0.330 e. The van der Waals surface area contributed by atoms with Crippen LogP contribution in [0.5, 0.6) is 0 Å². The molecule has 0 amide bonds. The van der Waals surface area contributed by atoms with Gasteiger partial charge < -0.3 is 5.73 Å². The molecule has 0 saturated heterocycles. The van der Waals surface area contributed by atoms with Gasteiger partial charge in [-0.05, 0) is 25.0 Å². The SMILES string of the molecule is NCC1(c2cn(-c3ccccc3)nn2)CCCCC1. The summed E-state index contributed by atoms with van der Waals surface area (Å²) in [5.41, 5.74) is 8.19. The van der Waals surface area contributed by atoms with E-state index in [4.69, 9.17) is 5.73 Å². The Labute approximate surface area is 113 Å². The normalized spacial score (nSPS) is 18.4. The van der Waals surface area contributed by atoms with Crippen LogP contribution in [0.25, 0.3) is 5.69 Å². The number of rotatable bonds is 3. The Bertz CT molecular complexity index is 526. The van der Waals surface area contributed by atoms with Crippen LogP contribution in [0.2, 0.25) is 0 Å². The van der Waals surface area contributed by atoms with E-state index in [1.807, 2.05) is 41.2 Å². The Morgan fingerprint density at radius 2 is 1.84 bits per heavy atom. The fraction of sp³-hybridized carbons (Fsp3) is 0.467. The van der Waals surface area contributed by atoms with Gasteiger partial charge in [0.2, 0.25) is 0 Å². The molecule has 4 heteroatoms. The number of hydrogen-bond donors (Lipinski definition) is 1. The molecule has 1 aromatic heterocycles. The summed E-state index contributed by atoms with van der Waals surface area (Å²) < 4.78 is 1.85. The number of para-hydroxylation sites is 1. The Morgan fingerprint density at radius 3 is 2.53 bits per heavy atom. The summed E-state index contributed by atoms with van der Waals surface area (Å²) in [4.78, 5) is 0. The topological polar surface area (TPSA) is 56.7 Å². The maximum absolute atomic E-state index is 6.04. The molecule has 0 bridgehead atoms. The van der Waals surface area contributed by atoms with Crippen LogP contribution in [-0.4, -0.2) is 21.5 Å². The van der Waals surface area contributed by atoms with Crippen molar-refractivity contribution in [3.63, 3.8) is 0 Å². The second-order valence-corrected chi connectivity index (χ2v) is 5.43. The first-order valence-electron chi connectivity index (χ1n) is 7.02. The molecule has 1 aliphatic rings. The predicted molar refractivity (Wildman–Crippen MR) is 75.2 cm³/mol. The molecule has 1 saturated carbocycles. The summed E-state index contributed by atoms with van der Waals surface area (Å²) in [5.74, 6) is 0. The molecule has 2 N–H and O–H groups in total. The lowest BCUT2D eigenvalue weighted by Gasteiger charge is -2.34. The molecule has 100 valence electrons. The molecule has 0 spiro atoms. The van der Waals surface area contributed by atoms with Gasteiger partial charge in [0.15, 0.2) is 0 Å². The predicted octanol–water partition coefficient (Wildman–Crippen LogP) is 2.43. The highest BCUT2D eigenvalue weighted by atomic mass is 15.4. The van der Waals surface area contributed by atoms with Crippen molar-refractivity contribution in [2.45, 2.75) is 37.5 Å². The number of nitrogens with zero attached hydrogens (tertiary/aromatic N) is 3. The Balaban J connectivity index is 1.92. The first-order chi connectivity index (χ1) is 9.34. The van der Waals surface area contributed by atoms with Gasteiger partial charge in [-0.3, -0.25) is 0 Å². The highest BCUT2D eigenvalue weighted by Crippen LogP contribution is 2.37. The minimum absolute atomic E-state index is 0.0469. The van der Waals surface area contributed by atoms with Crippen molar-refractivity contribution in [1.29, 1.82) is 0 Å². The average molecular weight is 256 g/mol. The number of hydrogen-bond acceptors (Lipinski definition) is 3. The Morgan fingerprint density at radius 1 is 1.11 bits per heavy atom. The van der Waals surface area contributed by atoms with Gasteiger partial charge in [-0.2, -0.15) is 0 Å². The molecule has 1 heterocycles. The van der Waals surface area contributed by atoms with Gasteiger partial charge in [0, 0.05) is 12.0 Å². The molecular formula is C15H20N4. The lowest BCUT2D eigenvalue weighted by molar-refractivity contribution is 0.293. The van der Waals surface area contributed by atoms with Crippen LogP contribution in [0.15, 0.2) is 36.5 Å². The third kappa shape index (κ3) is 2.28. The van der Waals surface area contributed by atoms with Crippen LogP contribution < -0.4 is 5.73 Å². The average Bonchev–Trinajstić information content (AvgIpc) is 2.99. The largest absolute Gasteiger partial charge is 0.330 e. The Hall–Kier alpha value is -1.68. The first kappa shape index (κ1) is 12.4. The maximum atomic E-state index is 6.04. The maximum Gasteiger partial charge on any atom is 0.0906 e. The highest BCUT2D eigenvalue weighted by molar-refractivity contribution is 5.31.